The number of hydrogen-bond acceptors (Lipinski definition) is 0. The lowest BCUT2D eigenvalue weighted by molar-refractivity contribution is 0.631. The number of hydrogen-bond donors (Lipinski definition) is 0. The first kappa shape index (κ1) is 13.1. The zero-order chi connectivity index (χ0) is 12.6. The highest BCUT2D eigenvalue weighted by Crippen LogP contribution is 2.40. The fraction of sp³-hybridized carbons (Fsp3) is 0.0769. The van der Waals surface area contributed by atoms with Gasteiger partial charge in [0.25, 0.3) is 0 Å². The number of rotatable bonds is 1. The molecule has 0 spiro atoms. The molecular formula is C13H8Br2ClF. The molecule has 0 saturated carbocycles. The molecule has 0 unspecified atom stereocenters. The zero-order valence-electron chi connectivity index (χ0n) is 8.90. The van der Waals surface area contributed by atoms with Gasteiger partial charge in [0.15, 0.2) is 0 Å². The third-order valence-electron chi connectivity index (χ3n) is 2.40. The van der Waals surface area contributed by atoms with Crippen LogP contribution in [0.1, 0.15) is 5.56 Å². The number of aryl methyl sites for hydroxylation is 1. The molecule has 0 aliphatic heterocycles. The van der Waals surface area contributed by atoms with Gasteiger partial charge >= 0.3 is 0 Å². The van der Waals surface area contributed by atoms with Gasteiger partial charge in [-0.3, -0.25) is 0 Å². The van der Waals surface area contributed by atoms with E-state index in [1.807, 2.05) is 19.1 Å². The summed E-state index contributed by atoms with van der Waals surface area (Å²) in [5.41, 5.74) is 2.23. The molecule has 0 atom stereocenters. The van der Waals surface area contributed by atoms with Crippen LogP contribution in [0, 0.1) is 12.7 Å². The van der Waals surface area contributed by atoms with Crippen LogP contribution in [0.3, 0.4) is 0 Å². The lowest BCUT2D eigenvalue weighted by atomic mass is 10.0. The van der Waals surface area contributed by atoms with Gasteiger partial charge in [-0.2, -0.15) is 0 Å². The molecule has 0 radical (unpaired) electrons. The first-order valence-electron chi connectivity index (χ1n) is 4.90. The highest BCUT2D eigenvalue weighted by atomic mass is 79.9. The van der Waals surface area contributed by atoms with Crippen molar-refractivity contribution in [3.8, 4) is 11.1 Å². The van der Waals surface area contributed by atoms with Crippen molar-refractivity contribution < 1.29 is 4.39 Å². The zero-order valence-corrected chi connectivity index (χ0v) is 12.8. The van der Waals surface area contributed by atoms with E-state index in [-0.39, 0.29) is 5.82 Å². The van der Waals surface area contributed by atoms with Crippen LogP contribution >= 0.6 is 43.5 Å². The molecule has 4 heteroatoms. The summed E-state index contributed by atoms with van der Waals surface area (Å²) in [6.07, 6.45) is 0. The molecule has 0 bridgehead atoms. The van der Waals surface area contributed by atoms with E-state index >= 15 is 0 Å². The summed E-state index contributed by atoms with van der Waals surface area (Å²) in [6.45, 7) is 1.97. The predicted molar refractivity (Wildman–Crippen MR) is 77.0 cm³/mol. The summed E-state index contributed by atoms with van der Waals surface area (Å²) in [6, 6.07) is 8.54. The largest absolute Gasteiger partial charge is 0.206 e. The van der Waals surface area contributed by atoms with Gasteiger partial charge in [-0.05, 0) is 36.8 Å². The fourth-order valence-electron chi connectivity index (χ4n) is 1.68. The van der Waals surface area contributed by atoms with Crippen LogP contribution in [0.15, 0.2) is 39.3 Å². The van der Waals surface area contributed by atoms with Crippen molar-refractivity contribution in [2.45, 2.75) is 6.92 Å². The predicted octanol–water partition coefficient (Wildman–Crippen LogP) is 5.98. The Morgan fingerprint density at radius 1 is 1.06 bits per heavy atom. The second-order valence-corrected chi connectivity index (χ2v) is 5.82. The highest BCUT2D eigenvalue weighted by Gasteiger charge is 2.15. The Balaban J connectivity index is 2.77. The van der Waals surface area contributed by atoms with Gasteiger partial charge in [-0.15, -0.1) is 0 Å². The maximum atomic E-state index is 13.9. The molecule has 2 aromatic carbocycles. The fourth-order valence-corrected chi connectivity index (χ4v) is 3.74. The molecule has 0 aliphatic rings. The Morgan fingerprint density at radius 3 is 2.18 bits per heavy atom. The van der Waals surface area contributed by atoms with E-state index in [2.05, 4.69) is 31.9 Å². The first-order chi connectivity index (χ1) is 8.00. The maximum Gasteiger partial charge on any atom is 0.132 e. The molecule has 88 valence electrons. The lowest BCUT2D eigenvalue weighted by Gasteiger charge is -2.11. The Morgan fingerprint density at radius 2 is 1.65 bits per heavy atom. The highest BCUT2D eigenvalue weighted by molar-refractivity contribution is 9.11. The third-order valence-corrected chi connectivity index (χ3v) is 3.97. The molecule has 0 heterocycles. The summed E-state index contributed by atoms with van der Waals surface area (Å²) in [5, 5.41) is 0.398. The van der Waals surface area contributed by atoms with Crippen LogP contribution < -0.4 is 0 Å². The van der Waals surface area contributed by atoms with E-state index in [9.17, 15) is 4.39 Å². The Kier molecular flexibility index (Phi) is 3.91. The van der Waals surface area contributed by atoms with Crippen LogP contribution in [0.2, 0.25) is 5.02 Å². The third kappa shape index (κ3) is 2.56. The van der Waals surface area contributed by atoms with Crippen molar-refractivity contribution >= 4 is 43.5 Å². The van der Waals surface area contributed by atoms with Crippen LogP contribution in [-0.4, -0.2) is 0 Å². The number of halogens is 4. The van der Waals surface area contributed by atoms with Crippen LogP contribution in [-0.2, 0) is 0 Å². The molecular weight excluding hydrogens is 370 g/mol. The van der Waals surface area contributed by atoms with E-state index in [1.54, 1.807) is 12.1 Å². The van der Waals surface area contributed by atoms with Crippen molar-refractivity contribution in [3.05, 3.63) is 55.7 Å². The normalized spacial score (nSPS) is 10.6. The van der Waals surface area contributed by atoms with Gasteiger partial charge in [-0.1, -0.05) is 49.5 Å². The number of benzene rings is 2. The van der Waals surface area contributed by atoms with Gasteiger partial charge in [0.1, 0.15) is 5.82 Å². The van der Waals surface area contributed by atoms with Gasteiger partial charge in [0.05, 0.1) is 5.02 Å². The second-order valence-electron chi connectivity index (χ2n) is 3.70. The minimum Gasteiger partial charge on any atom is -0.206 e. The monoisotopic (exact) mass is 376 g/mol. The topological polar surface area (TPSA) is 0 Å². The molecule has 0 saturated heterocycles. The van der Waals surface area contributed by atoms with Crippen LogP contribution in [0.5, 0.6) is 0 Å². The molecule has 2 rings (SSSR count). The maximum absolute atomic E-state index is 13.9. The minimum absolute atomic E-state index is 0.331. The van der Waals surface area contributed by atoms with Crippen molar-refractivity contribution in [1.29, 1.82) is 0 Å². The SMILES string of the molecule is Cc1cc(Br)c(-c2c(F)cccc2Cl)c(Br)c1. The molecule has 0 nitrogen and oxygen atoms in total. The molecule has 0 N–H and O–H groups in total. The molecule has 0 aromatic heterocycles. The second kappa shape index (κ2) is 5.09. The Labute approximate surface area is 121 Å². The van der Waals surface area contributed by atoms with Crippen LogP contribution in [0.25, 0.3) is 11.1 Å². The van der Waals surface area contributed by atoms with Gasteiger partial charge < -0.3 is 0 Å². The van der Waals surface area contributed by atoms with Gasteiger partial charge in [0, 0.05) is 20.1 Å². The van der Waals surface area contributed by atoms with Crippen molar-refractivity contribution in [2.24, 2.45) is 0 Å². The van der Waals surface area contributed by atoms with Gasteiger partial charge in [0.2, 0.25) is 0 Å². The molecule has 0 fully saturated rings. The van der Waals surface area contributed by atoms with E-state index < -0.39 is 0 Å². The van der Waals surface area contributed by atoms with E-state index in [0.717, 1.165) is 20.1 Å². The van der Waals surface area contributed by atoms with Crippen LogP contribution in [0.4, 0.5) is 4.39 Å². The summed E-state index contributed by atoms with van der Waals surface area (Å²) in [5.74, 6) is -0.331. The molecule has 0 amide bonds. The van der Waals surface area contributed by atoms with Crippen molar-refractivity contribution in [1.82, 2.24) is 0 Å². The first-order valence-corrected chi connectivity index (χ1v) is 6.87. The Hall–Kier alpha value is -0.380. The van der Waals surface area contributed by atoms with Gasteiger partial charge in [-0.25, -0.2) is 4.39 Å². The summed E-state index contributed by atoms with van der Waals surface area (Å²) < 4.78 is 15.5. The molecule has 2 aromatic rings. The van der Waals surface area contributed by atoms with E-state index in [1.165, 1.54) is 6.07 Å². The molecule has 17 heavy (non-hydrogen) atoms. The Bertz CT molecular complexity index is 538. The van der Waals surface area contributed by atoms with Crippen molar-refractivity contribution in [3.63, 3.8) is 0 Å². The van der Waals surface area contributed by atoms with E-state index in [4.69, 9.17) is 11.6 Å². The quantitative estimate of drug-likeness (QED) is 0.573. The lowest BCUT2D eigenvalue weighted by Crippen LogP contribution is -1.90. The average Bonchev–Trinajstić information content (AvgIpc) is 2.21. The minimum atomic E-state index is -0.331. The van der Waals surface area contributed by atoms with E-state index in [0.29, 0.717) is 10.6 Å². The summed E-state index contributed by atoms with van der Waals surface area (Å²) in [7, 11) is 0. The standard InChI is InChI=1S/C13H8Br2ClF/c1-7-5-8(14)12(9(15)6-7)13-10(16)3-2-4-11(13)17/h2-6H,1H3. The van der Waals surface area contributed by atoms with Crippen molar-refractivity contribution in [2.75, 3.05) is 0 Å². The molecule has 0 aliphatic carbocycles. The summed E-state index contributed by atoms with van der Waals surface area (Å²) in [4.78, 5) is 0. The summed E-state index contributed by atoms with van der Waals surface area (Å²) >= 11 is 13.0. The smallest absolute Gasteiger partial charge is 0.132 e. The average molecular weight is 378 g/mol.